The molecule has 6 rings (SSSR count). The summed E-state index contributed by atoms with van der Waals surface area (Å²) in [5.74, 6) is -0.763. The minimum atomic E-state index is -0.531. The number of aryl methyl sites for hydroxylation is 2. The fraction of sp³-hybridized carbons (Fsp3) is 0.267. The van der Waals surface area contributed by atoms with Gasteiger partial charge in [0, 0.05) is 19.0 Å². The van der Waals surface area contributed by atoms with Crippen LogP contribution in [-0.4, -0.2) is 37.0 Å². The number of benzene rings is 2. The Morgan fingerprint density at radius 3 is 2.34 bits per heavy atom. The van der Waals surface area contributed by atoms with Crippen LogP contribution in [0.25, 0.3) is 0 Å². The van der Waals surface area contributed by atoms with Gasteiger partial charge in [-0.25, -0.2) is 9.59 Å². The number of carbonyl (C=O) groups excluding carboxylic acids is 2. The van der Waals surface area contributed by atoms with Crippen LogP contribution in [0.1, 0.15) is 59.5 Å². The molecule has 194 valence electrons. The standard InChI is InChI=1S/C30H26ClNO4S2/c1-32-12-11-21-22(23(17-32)20-10-9-18-5-2-6-19(18)15-20)16-24(35-29(33)25-7-3-13-37-25)28(27(21)31)36-30(34)26-8-4-14-38-26/h3-4,7-10,13-16,23H,2,5-6,11-12,17H2,1H3. The lowest BCUT2D eigenvalue weighted by molar-refractivity contribution is 0.0687. The van der Waals surface area contributed by atoms with Gasteiger partial charge in [-0.05, 0) is 89.5 Å². The molecule has 4 aromatic rings. The van der Waals surface area contributed by atoms with Gasteiger partial charge in [0.2, 0.25) is 0 Å². The van der Waals surface area contributed by atoms with E-state index in [9.17, 15) is 9.59 Å². The van der Waals surface area contributed by atoms with Crippen LogP contribution in [0.5, 0.6) is 11.5 Å². The molecule has 1 aliphatic carbocycles. The molecule has 0 bridgehead atoms. The molecule has 3 heterocycles. The fourth-order valence-corrected chi connectivity index (χ4v) is 6.91. The van der Waals surface area contributed by atoms with Gasteiger partial charge in [0.15, 0.2) is 11.5 Å². The molecular weight excluding hydrogens is 538 g/mol. The molecule has 5 nitrogen and oxygen atoms in total. The van der Waals surface area contributed by atoms with Crippen molar-refractivity contribution in [3.05, 3.63) is 102 Å². The van der Waals surface area contributed by atoms with Gasteiger partial charge in [-0.2, -0.15) is 0 Å². The van der Waals surface area contributed by atoms with Gasteiger partial charge in [0.1, 0.15) is 9.75 Å². The van der Waals surface area contributed by atoms with E-state index in [2.05, 4.69) is 30.1 Å². The van der Waals surface area contributed by atoms with E-state index in [0.29, 0.717) is 21.2 Å². The number of hydrogen-bond donors (Lipinski definition) is 0. The summed E-state index contributed by atoms with van der Waals surface area (Å²) in [7, 11) is 2.11. The Labute approximate surface area is 234 Å². The molecule has 38 heavy (non-hydrogen) atoms. The van der Waals surface area contributed by atoms with Crippen molar-refractivity contribution in [3.8, 4) is 11.5 Å². The summed E-state index contributed by atoms with van der Waals surface area (Å²) >= 11 is 9.61. The van der Waals surface area contributed by atoms with Crippen LogP contribution in [0, 0.1) is 0 Å². The summed E-state index contributed by atoms with van der Waals surface area (Å²) in [6.45, 7) is 1.61. The molecule has 1 unspecified atom stereocenters. The zero-order valence-electron chi connectivity index (χ0n) is 20.9. The fourth-order valence-electron chi connectivity index (χ4n) is 5.38. The topological polar surface area (TPSA) is 55.8 Å². The lowest BCUT2D eigenvalue weighted by Crippen LogP contribution is -2.24. The number of rotatable bonds is 5. The highest BCUT2D eigenvalue weighted by molar-refractivity contribution is 7.12. The molecule has 0 spiro atoms. The van der Waals surface area contributed by atoms with Gasteiger partial charge < -0.3 is 14.4 Å². The number of carbonyl (C=O) groups is 2. The molecule has 2 aliphatic rings. The van der Waals surface area contributed by atoms with Crippen LogP contribution in [0.3, 0.4) is 0 Å². The van der Waals surface area contributed by atoms with Crippen molar-refractivity contribution in [2.24, 2.45) is 0 Å². The molecule has 0 radical (unpaired) electrons. The lowest BCUT2D eigenvalue weighted by Gasteiger charge is -2.24. The predicted octanol–water partition coefficient (Wildman–Crippen LogP) is 7.01. The molecule has 1 atom stereocenters. The number of ether oxygens (including phenoxy) is 2. The van der Waals surface area contributed by atoms with E-state index in [-0.39, 0.29) is 17.4 Å². The first-order chi connectivity index (χ1) is 18.5. The smallest absolute Gasteiger partial charge is 0.353 e. The van der Waals surface area contributed by atoms with Crippen LogP contribution in [0.4, 0.5) is 0 Å². The summed E-state index contributed by atoms with van der Waals surface area (Å²) in [5, 5.41) is 3.95. The van der Waals surface area contributed by atoms with E-state index in [0.717, 1.165) is 37.1 Å². The number of likely N-dealkylation sites (N-methyl/N-ethyl adjacent to an activating group) is 1. The summed E-state index contributed by atoms with van der Waals surface area (Å²) in [4.78, 5) is 29.2. The maximum absolute atomic E-state index is 13.0. The number of nitrogens with zero attached hydrogens (tertiary/aromatic N) is 1. The van der Waals surface area contributed by atoms with Crippen molar-refractivity contribution in [3.63, 3.8) is 0 Å². The summed E-state index contributed by atoms with van der Waals surface area (Å²) in [6.07, 6.45) is 4.10. The van der Waals surface area contributed by atoms with Crippen molar-refractivity contribution >= 4 is 46.2 Å². The average molecular weight is 564 g/mol. The van der Waals surface area contributed by atoms with Crippen molar-refractivity contribution in [1.82, 2.24) is 4.90 Å². The lowest BCUT2D eigenvalue weighted by atomic mass is 9.86. The first-order valence-electron chi connectivity index (χ1n) is 12.6. The predicted molar refractivity (Wildman–Crippen MR) is 152 cm³/mol. The van der Waals surface area contributed by atoms with Gasteiger partial charge in [0.05, 0.1) is 5.02 Å². The van der Waals surface area contributed by atoms with Gasteiger partial charge in [-0.3, -0.25) is 0 Å². The third kappa shape index (κ3) is 4.92. The molecule has 2 aromatic heterocycles. The highest BCUT2D eigenvalue weighted by Crippen LogP contribution is 2.46. The van der Waals surface area contributed by atoms with E-state index in [1.54, 1.807) is 24.3 Å². The molecule has 1 aliphatic heterocycles. The number of hydrogen-bond acceptors (Lipinski definition) is 7. The number of halogens is 1. The van der Waals surface area contributed by atoms with Crippen molar-refractivity contribution < 1.29 is 19.1 Å². The maximum atomic E-state index is 13.0. The molecule has 8 heteroatoms. The Kier molecular flexibility index (Phi) is 7.10. The Morgan fingerprint density at radius 2 is 1.63 bits per heavy atom. The van der Waals surface area contributed by atoms with Crippen LogP contribution < -0.4 is 9.47 Å². The first kappa shape index (κ1) is 25.3. The second kappa shape index (κ2) is 10.7. The molecule has 2 aromatic carbocycles. The van der Waals surface area contributed by atoms with Gasteiger partial charge in [-0.15, -0.1) is 22.7 Å². The average Bonchev–Trinajstić information content (AvgIpc) is 3.69. The second-order valence-electron chi connectivity index (χ2n) is 9.77. The molecule has 0 saturated heterocycles. The summed E-state index contributed by atoms with van der Waals surface area (Å²) < 4.78 is 11.7. The van der Waals surface area contributed by atoms with E-state index < -0.39 is 11.9 Å². The molecule has 0 N–H and O–H groups in total. The highest BCUT2D eigenvalue weighted by Gasteiger charge is 2.31. The zero-order valence-corrected chi connectivity index (χ0v) is 23.3. The van der Waals surface area contributed by atoms with E-state index in [1.807, 2.05) is 16.8 Å². The number of thiophene rings is 2. The monoisotopic (exact) mass is 563 g/mol. The molecule has 0 saturated carbocycles. The van der Waals surface area contributed by atoms with Crippen molar-refractivity contribution in [2.45, 2.75) is 31.6 Å². The van der Waals surface area contributed by atoms with E-state index in [4.69, 9.17) is 21.1 Å². The second-order valence-corrected chi connectivity index (χ2v) is 12.0. The van der Waals surface area contributed by atoms with Crippen LogP contribution in [-0.2, 0) is 19.3 Å². The quantitative estimate of drug-likeness (QED) is 0.193. The Morgan fingerprint density at radius 1 is 0.921 bits per heavy atom. The normalized spacial score (nSPS) is 16.9. The van der Waals surface area contributed by atoms with Crippen molar-refractivity contribution in [2.75, 3.05) is 20.1 Å². The summed E-state index contributed by atoms with van der Waals surface area (Å²) in [5.41, 5.74) is 5.98. The van der Waals surface area contributed by atoms with Crippen molar-refractivity contribution in [1.29, 1.82) is 0 Å². The minimum absolute atomic E-state index is 0.0298. The number of fused-ring (bicyclic) bond motifs is 2. The van der Waals surface area contributed by atoms with Gasteiger partial charge in [0.25, 0.3) is 0 Å². The van der Waals surface area contributed by atoms with Gasteiger partial charge >= 0.3 is 11.9 Å². The molecule has 0 fully saturated rings. The van der Waals surface area contributed by atoms with Crippen LogP contribution >= 0.6 is 34.3 Å². The Balaban J connectivity index is 1.47. The maximum Gasteiger partial charge on any atom is 0.353 e. The van der Waals surface area contributed by atoms with Crippen LogP contribution in [0.2, 0.25) is 5.02 Å². The minimum Gasteiger partial charge on any atom is -0.418 e. The molecular formula is C30H26ClNO4S2. The third-order valence-corrected chi connectivity index (χ3v) is 9.40. The molecule has 0 amide bonds. The van der Waals surface area contributed by atoms with E-state index >= 15 is 0 Å². The first-order valence-corrected chi connectivity index (χ1v) is 14.8. The zero-order chi connectivity index (χ0) is 26.2. The third-order valence-electron chi connectivity index (χ3n) is 7.30. The highest BCUT2D eigenvalue weighted by atomic mass is 35.5. The Bertz CT molecular complexity index is 1500. The Hall–Kier alpha value is -2.97. The number of esters is 2. The van der Waals surface area contributed by atoms with Crippen LogP contribution in [0.15, 0.2) is 59.3 Å². The van der Waals surface area contributed by atoms with E-state index in [1.165, 1.54) is 45.8 Å². The summed E-state index contributed by atoms with van der Waals surface area (Å²) in [6, 6.07) is 15.6. The SMILES string of the molecule is CN1CCc2c(cc(OC(=O)c3cccs3)c(OC(=O)c3cccs3)c2Cl)C(c2ccc3c(c2)CCC3)C1. The van der Waals surface area contributed by atoms with Gasteiger partial charge in [-0.1, -0.05) is 41.9 Å². The largest absolute Gasteiger partial charge is 0.418 e.